The van der Waals surface area contributed by atoms with Crippen molar-refractivity contribution < 1.29 is 9.53 Å². The average Bonchev–Trinajstić information content (AvgIpc) is 2.95. The van der Waals surface area contributed by atoms with E-state index in [9.17, 15) is 4.79 Å². The summed E-state index contributed by atoms with van der Waals surface area (Å²) in [5, 5.41) is 4.10. The number of nitrogens with zero attached hydrogens (tertiary/aromatic N) is 3. The Morgan fingerprint density at radius 1 is 1.47 bits per heavy atom. The van der Waals surface area contributed by atoms with Crippen LogP contribution in [-0.2, 0) is 4.74 Å². The number of hydrogen-bond donors (Lipinski definition) is 1. The van der Waals surface area contributed by atoms with E-state index in [2.05, 4.69) is 14.8 Å². The summed E-state index contributed by atoms with van der Waals surface area (Å²) in [6.07, 6.45) is 2.29. The molecular formula is C13H16N4O2. The number of aromatic nitrogens is 3. The van der Waals surface area contributed by atoms with Gasteiger partial charge in [-0.2, -0.15) is 0 Å². The first-order valence-corrected chi connectivity index (χ1v) is 6.02. The molecule has 2 rings (SSSR count). The van der Waals surface area contributed by atoms with Crippen LogP contribution in [0.5, 0.6) is 0 Å². The molecule has 0 fully saturated rings. The predicted octanol–water partition coefficient (Wildman–Crippen LogP) is 1.46. The smallest absolute Gasteiger partial charge is 0.377 e. The van der Waals surface area contributed by atoms with Crippen molar-refractivity contribution >= 4 is 5.97 Å². The lowest BCUT2D eigenvalue weighted by Gasteiger charge is -2.14. The van der Waals surface area contributed by atoms with Gasteiger partial charge in [-0.1, -0.05) is 25.1 Å². The molecule has 1 aromatic carbocycles. The molecule has 1 aromatic heterocycles. The minimum Gasteiger partial charge on any atom is -0.463 e. The first kappa shape index (κ1) is 13.2. The van der Waals surface area contributed by atoms with Crippen molar-refractivity contribution in [3.05, 3.63) is 42.0 Å². The zero-order valence-corrected chi connectivity index (χ0v) is 10.9. The highest BCUT2D eigenvalue weighted by atomic mass is 16.5. The van der Waals surface area contributed by atoms with Gasteiger partial charge < -0.3 is 10.5 Å². The Bertz CT molecular complexity index is 580. The molecule has 19 heavy (non-hydrogen) atoms. The fraction of sp³-hybridized carbons (Fsp3) is 0.308. The zero-order chi connectivity index (χ0) is 13.8. The zero-order valence-electron chi connectivity index (χ0n) is 10.9. The molecule has 6 heteroatoms. The van der Waals surface area contributed by atoms with Gasteiger partial charge in [0.2, 0.25) is 0 Å². The molecular weight excluding hydrogens is 244 g/mol. The third kappa shape index (κ3) is 2.63. The van der Waals surface area contributed by atoms with Gasteiger partial charge in [-0.3, -0.25) is 0 Å². The molecule has 2 N–H and O–H groups in total. The molecule has 0 aliphatic heterocycles. The van der Waals surface area contributed by atoms with Gasteiger partial charge in [0.25, 0.3) is 5.82 Å². The van der Waals surface area contributed by atoms with Crippen LogP contribution in [-0.4, -0.2) is 27.8 Å². The van der Waals surface area contributed by atoms with Crippen LogP contribution in [0.1, 0.15) is 35.6 Å². The SMILES string of the molecule is CC[C@H](N)c1ccccc1-n1cnc(C(=O)OC)n1. The Labute approximate surface area is 111 Å². The predicted molar refractivity (Wildman–Crippen MR) is 69.9 cm³/mol. The first-order chi connectivity index (χ1) is 9.17. The Morgan fingerprint density at radius 3 is 2.89 bits per heavy atom. The van der Waals surface area contributed by atoms with Crippen LogP contribution >= 0.6 is 0 Å². The van der Waals surface area contributed by atoms with E-state index in [1.807, 2.05) is 31.2 Å². The average molecular weight is 260 g/mol. The van der Waals surface area contributed by atoms with Crippen molar-refractivity contribution in [2.45, 2.75) is 19.4 Å². The standard InChI is InChI=1S/C13H16N4O2/c1-3-10(14)9-6-4-5-7-11(9)17-8-15-12(16-17)13(18)19-2/h4-8,10H,3,14H2,1-2H3/t10-/m0/s1. The van der Waals surface area contributed by atoms with Gasteiger partial charge in [-0.25, -0.2) is 14.5 Å². The number of hydrogen-bond acceptors (Lipinski definition) is 5. The van der Waals surface area contributed by atoms with Crippen LogP contribution in [0.4, 0.5) is 0 Å². The van der Waals surface area contributed by atoms with Gasteiger partial charge in [0, 0.05) is 6.04 Å². The van der Waals surface area contributed by atoms with Crippen LogP contribution in [0.2, 0.25) is 0 Å². The van der Waals surface area contributed by atoms with Gasteiger partial charge >= 0.3 is 5.97 Å². The van der Waals surface area contributed by atoms with Crippen molar-refractivity contribution in [2.24, 2.45) is 5.73 Å². The molecule has 1 heterocycles. The van der Waals surface area contributed by atoms with Crippen molar-refractivity contribution in [2.75, 3.05) is 7.11 Å². The van der Waals surface area contributed by atoms with E-state index in [0.717, 1.165) is 17.7 Å². The molecule has 6 nitrogen and oxygen atoms in total. The molecule has 0 bridgehead atoms. The van der Waals surface area contributed by atoms with Crippen LogP contribution in [0.3, 0.4) is 0 Å². The van der Waals surface area contributed by atoms with Gasteiger partial charge in [0.1, 0.15) is 6.33 Å². The summed E-state index contributed by atoms with van der Waals surface area (Å²) < 4.78 is 6.12. The monoisotopic (exact) mass is 260 g/mol. The minimum absolute atomic E-state index is 0.0300. The van der Waals surface area contributed by atoms with Crippen LogP contribution in [0, 0.1) is 0 Å². The van der Waals surface area contributed by atoms with Gasteiger partial charge in [-0.05, 0) is 18.1 Å². The number of methoxy groups -OCH3 is 1. The molecule has 1 atom stereocenters. The van der Waals surface area contributed by atoms with Gasteiger partial charge in [0.05, 0.1) is 12.8 Å². The van der Waals surface area contributed by atoms with E-state index < -0.39 is 5.97 Å². The maximum Gasteiger partial charge on any atom is 0.377 e. The number of rotatable bonds is 4. The van der Waals surface area contributed by atoms with Crippen molar-refractivity contribution in [3.63, 3.8) is 0 Å². The molecule has 100 valence electrons. The molecule has 0 amide bonds. The molecule has 0 saturated carbocycles. The normalized spacial score (nSPS) is 12.2. The minimum atomic E-state index is -0.559. The third-order valence-electron chi connectivity index (χ3n) is 2.88. The lowest BCUT2D eigenvalue weighted by molar-refractivity contribution is 0.0587. The molecule has 0 saturated heterocycles. The second-order valence-electron chi connectivity index (χ2n) is 4.08. The van der Waals surface area contributed by atoms with Crippen LogP contribution in [0.25, 0.3) is 5.69 Å². The van der Waals surface area contributed by atoms with Crippen LogP contribution < -0.4 is 5.73 Å². The van der Waals surface area contributed by atoms with Crippen LogP contribution in [0.15, 0.2) is 30.6 Å². The Kier molecular flexibility index (Phi) is 3.91. The fourth-order valence-corrected chi connectivity index (χ4v) is 1.79. The van der Waals surface area contributed by atoms with E-state index >= 15 is 0 Å². The molecule has 0 radical (unpaired) electrons. The Balaban J connectivity index is 2.42. The lowest BCUT2D eigenvalue weighted by Crippen LogP contribution is -2.13. The lowest BCUT2D eigenvalue weighted by atomic mass is 10.0. The van der Waals surface area contributed by atoms with E-state index in [1.165, 1.54) is 18.1 Å². The molecule has 2 aromatic rings. The summed E-state index contributed by atoms with van der Waals surface area (Å²) in [7, 11) is 1.30. The maximum absolute atomic E-state index is 11.3. The summed E-state index contributed by atoms with van der Waals surface area (Å²) in [5.41, 5.74) is 7.86. The first-order valence-electron chi connectivity index (χ1n) is 6.02. The summed E-state index contributed by atoms with van der Waals surface area (Å²) in [5.74, 6) is -0.529. The van der Waals surface area contributed by atoms with Gasteiger partial charge in [-0.15, -0.1) is 5.10 Å². The number of benzene rings is 1. The molecule has 0 unspecified atom stereocenters. The summed E-state index contributed by atoms with van der Waals surface area (Å²) >= 11 is 0. The maximum atomic E-state index is 11.3. The Hall–Kier alpha value is -2.21. The van der Waals surface area contributed by atoms with E-state index in [1.54, 1.807) is 0 Å². The highest BCUT2D eigenvalue weighted by molar-refractivity contribution is 5.84. The van der Waals surface area contributed by atoms with E-state index in [4.69, 9.17) is 5.73 Å². The van der Waals surface area contributed by atoms with E-state index in [0.29, 0.717) is 0 Å². The Morgan fingerprint density at radius 2 is 2.21 bits per heavy atom. The van der Waals surface area contributed by atoms with Gasteiger partial charge in [0.15, 0.2) is 0 Å². The highest BCUT2D eigenvalue weighted by Crippen LogP contribution is 2.21. The van der Waals surface area contributed by atoms with E-state index in [-0.39, 0.29) is 11.9 Å². The number of para-hydroxylation sites is 1. The fourth-order valence-electron chi connectivity index (χ4n) is 1.79. The summed E-state index contributed by atoms with van der Waals surface area (Å²) in [6.45, 7) is 2.02. The largest absolute Gasteiger partial charge is 0.463 e. The summed E-state index contributed by atoms with van der Waals surface area (Å²) in [6, 6.07) is 7.57. The molecule has 0 spiro atoms. The van der Waals surface area contributed by atoms with Crippen molar-refractivity contribution in [1.29, 1.82) is 0 Å². The number of ether oxygens (including phenoxy) is 1. The van der Waals surface area contributed by atoms with Crippen molar-refractivity contribution in [3.8, 4) is 5.69 Å². The second kappa shape index (κ2) is 5.62. The number of carbonyl (C=O) groups excluding carboxylic acids is 1. The number of esters is 1. The molecule has 0 aliphatic carbocycles. The summed E-state index contributed by atoms with van der Waals surface area (Å²) in [4.78, 5) is 15.3. The van der Waals surface area contributed by atoms with Crippen molar-refractivity contribution in [1.82, 2.24) is 14.8 Å². The highest BCUT2D eigenvalue weighted by Gasteiger charge is 2.15. The quantitative estimate of drug-likeness (QED) is 0.841. The third-order valence-corrected chi connectivity index (χ3v) is 2.88. The second-order valence-corrected chi connectivity index (χ2v) is 4.08. The number of nitrogens with two attached hydrogens (primary N) is 1. The number of carbonyl (C=O) groups is 1. The topological polar surface area (TPSA) is 83.0 Å². The molecule has 0 aliphatic rings.